The number of benzene rings is 2. The first-order valence-electron chi connectivity index (χ1n) is 6.20. The van der Waals surface area contributed by atoms with Crippen LogP contribution < -0.4 is 0 Å². The molecule has 0 saturated heterocycles. The molecule has 4 heteroatoms. The highest BCUT2D eigenvalue weighted by molar-refractivity contribution is 5.78. The molecular weight excluding hydrogens is 252 g/mol. The van der Waals surface area contributed by atoms with E-state index in [0.717, 1.165) is 11.1 Å². The third-order valence-electron chi connectivity index (χ3n) is 2.70. The Bertz CT molecular complexity index is 617. The predicted molar refractivity (Wildman–Crippen MR) is 80.8 cm³/mol. The summed E-state index contributed by atoms with van der Waals surface area (Å²) in [5.74, 6) is 0. The second-order valence-electron chi connectivity index (χ2n) is 4.18. The number of nitro benzene ring substituents is 1. The van der Waals surface area contributed by atoms with Crippen LogP contribution in [-0.2, 0) is 6.54 Å². The number of hydrogen-bond acceptors (Lipinski definition) is 3. The van der Waals surface area contributed by atoms with Gasteiger partial charge in [0.25, 0.3) is 5.69 Å². The molecule has 0 aliphatic heterocycles. The average Bonchev–Trinajstić information content (AvgIpc) is 2.48. The zero-order chi connectivity index (χ0) is 14.2. The lowest BCUT2D eigenvalue weighted by atomic mass is 10.2. The molecule has 0 aliphatic rings. The van der Waals surface area contributed by atoms with Gasteiger partial charge in [-0.15, -0.1) is 0 Å². The molecule has 2 aromatic rings. The minimum Gasteiger partial charge on any atom is -0.288 e. The van der Waals surface area contributed by atoms with Crippen molar-refractivity contribution < 1.29 is 4.92 Å². The fourth-order valence-corrected chi connectivity index (χ4v) is 1.66. The number of aliphatic imine (C=N–C) groups is 1. The van der Waals surface area contributed by atoms with E-state index in [0.29, 0.717) is 6.54 Å². The minimum atomic E-state index is -0.407. The third-order valence-corrected chi connectivity index (χ3v) is 2.70. The van der Waals surface area contributed by atoms with Crippen molar-refractivity contribution in [1.82, 2.24) is 0 Å². The van der Waals surface area contributed by atoms with Crippen LogP contribution in [0.15, 0.2) is 65.7 Å². The molecule has 0 saturated carbocycles. The van der Waals surface area contributed by atoms with Gasteiger partial charge in [0.2, 0.25) is 0 Å². The number of allylic oxidation sites excluding steroid dienone is 1. The molecule has 2 rings (SSSR count). The van der Waals surface area contributed by atoms with Gasteiger partial charge in [0.15, 0.2) is 0 Å². The zero-order valence-corrected chi connectivity index (χ0v) is 10.8. The van der Waals surface area contributed by atoms with E-state index in [9.17, 15) is 10.1 Å². The van der Waals surface area contributed by atoms with Gasteiger partial charge in [-0.2, -0.15) is 0 Å². The average molecular weight is 266 g/mol. The lowest BCUT2D eigenvalue weighted by molar-refractivity contribution is -0.384. The standard InChI is InChI=1S/C16H14N2O2/c19-18(20)16-10-8-15(9-11-16)13-17-12-4-7-14-5-2-1-3-6-14/h1-12H,13H2/b7-4+,17-12?. The van der Waals surface area contributed by atoms with Crippen LogP contribution >= 0.6 is 0 Å². The fraction of sp³-hybridized carbons (Fsp3) is 0.0625. The van der Waals surface area contributed by atoms with Crippen molar-refractivity contribution in [3.63, 3.8) is 0 Å². The Labute approximate surface area is 117 Å². The molecule has 2 aromatic carbocycles. The Morgan fingerprint density at radius 1 is 1.05 bits per heavy atom. The maximum atomic E-state index is 10.5. The van der Waals surface area contributed by atoms with Crippen molar-refractivity contribution in [1.29, 1.82) is 0 Å². The highest BCUT2D eigenvalue weighted by atomic mass is 16.6. The van der Waals surface area contributed by atoms with Gasteiger partial charge < -0.3 is 0 Å². The van der Waals surface area contributed by atoms with Crippen molar-refractivity contribution in [3.05, 3.63) is 81.9 Å². The molecule has 0 aromatic heterocycles. The second-order valence-corrected chi connectivity index (χ2v) is 4.18. The van der Waals surface area contributed by atoms with E-state index < -0.39 is 4.92 Å². The Balaban J connectivity index is 1.87. The molecule has 0 unspecified atom stereocenters. The minimum absolute atomic E-state index is 0.0988. The van der Waals surface area contributed by atoms with Gasteiger partial charge in [-0.05, 0) is 17.2 Å². The molecule has 0 spiro atoms. The van der Waals surface area contributed by atoms with Crippen LogP contribution in [0.2, 0.25) is 0 Å². The smallest absolute Gasteiger partial charge is 0.269 e. The van der Waals surface area contributed by atoms with Gasteiger partial charge in [-0.1, -0.05) is 48.5 Å². The molecule has 0 radical (unpaired) electrons. The fourth-order valence-electron chi connectivity index (χ4n) is 1.66. The normalized spacial score (nSPS) is 11.2. The van der Waals surface area contributed by atoms with E-state index in [1.54, 1.807) is 18.3 Å². The van der Waals surface area contributed by atoms with Crippen molar-refractivity contribution in [2.45, 2.75) is 6.54 Å². The maximum Gasteiger partial charge on any atom is 0.269 e. The van der Waals surface area contributed by atoms with Crippen molar-refractivity contribution in [3.8, 4) is 0 Å². The molecular formula is C16H14N2O2. The topological polar surface area (TPSA) is 55.5 Å². The molecule has 0 aliphatic carbocycles. The molecule has 4 nitrogen and oxygen atoms in total. The van der Waals surface area contributed by atoms with Crippen molar-refractivity contribution >= 4 is 18.0 Å². The van der Waals surface area contributed by atoms with Crippen LogP contribution in [0.25, 0.3) is 6.08 Å². The van der Waals surface area contributed by atoms with Gasteiger partial charge in [0, 0.05) is 18.3 Å². The Morgan fingerprint density at radius 3 is 2.40 bits per heavy atom. The SMILES string of the molecule is O=[N+]([O-])c1ccc(CN=C/C=C/c2ccccc2)cc1. The van der Waals surface area contributed by atoms with E-state index in [-0.39, 0.29) is 5.69 Å². The van der Waals surface area contributed by atoms with Crippen LogP contribution in [-0.4, -0.2) is 11.1 Å². The van der Waals surface area contributed by atoms with E-state index in [4.69, 9.17) is 0 Å². The Hall–Kier alpha value is -2.75. The van der Waals surface area contributed by atoms with E-state index >= 15 is 0 Å². The van der Waals surface area contributed by atoms with Gasteiger partial charge in [-0.25, -0.2) is 0 Å². The monoisotopic (exact) mass is 266 g/mol. The Morgan fingerprint density at radius 2 is 1.75 bits per heavy atom. The zero-order valence-electron chi connectivity index (χ0n) is 10.8. The summed E-state index contributed by atoms with van der Waals surface area (Å²) in [6, 6.07) is 16.4. The summed E-state index contributed by atoms with van der Waals surface area (Å²) < 4.78 is 0. The number of rotatable bonds is 5. The second kappa shape index (κ2) is 6.99. The van der Waals surface area contributed by atoms with Gasteiger partial charge >= 0.3 is 0 Å². The van der Waals surface area contributed by atoms with Crippen molar-refractivity contribution in [2.24, 2.45) is 4.99 Å². The Kier molecular flexibility index (Phi) is 4.78. The third kappa shape index (κ3) is 4.17. The van der Waals surface area contributed by atoms with E-state index in [1.807, 2.05) is 42.5 Å². The number of hydrogen-bond donors (Lipinski definition) is 0. The highest BCUT2D eigenvalue weighted by Gasteiger charge is 2.02. The summed E-state index contributed by atoms with van der Waals surface area (Å²) in [5.41, 5.74) is 2.16. The molecule has 0 amide bonds. The summed E-state index contributed by atoms with van der Waals surface area (Å²) in [5, 5.41) is 10.5. The molecule has 20 heavy (non-hydrogen) atoms. The van der Waals surface area contributed by atoms with Crippen LogP contribution in [0.5, 0.6) is 0 Å². The first kappa shape index (κ1) is 13.7. The number of nitrogens with zero attached hydrogens (tertiary/aromatic N) is 2. The summed E-state index contributed by atoms with van der Waals surface area (Å²) >= 11 is 0. The van der Waals surface area contributed by atoms with Crippen LogP contribution in [0.3, 0.4) is 0 Å². The summed E-state index contributed by atoms with van der Waals surface area (Å²) in [6.07, 6.45) is 5.58. The summed E-state index contributed by atoms with van der Waals surface area (Å²) in [6.45, 7) is 0.511. The molecule has 0 bridgehead atoms. The van der Waals surface area contributed by atoms with Gasteiger partial charge in [0.1, 0.15) is 0 Å². The largest absolute Gasteiger partial charge is 0.288 e. The molecule has 100 valence electrons. The van der Waals surface area contributed by atoms with Crippen LogP contribution in [0.1, 0.15) is 11.1 Å². The quantitative estimate of drug-likeness (QED) is 0.468. The first-order valence-corrected chi connectivity index (χ1v) is 6.20. The summed E-state index contributed by atoms with van der Waals surface area (Å²) in [7, 11) is 0. The molecule has 0 N–H and O–H groups in total. The summed E-state index contributed by atoms with van der Waals surface area (Å²) in [4.78, 5) is 14.4. The molecule has 0 heterocycles. The van der Waals surface area contributed by atoms with Gasteiger partial charge in [0.05, 0.1) is 11.5 Å². The molecule has 0 atom stereocenters. The maximum absolute atomic E-state index is 10.5. The molecule has 0 fully saturated rings. The van der Waals surface area contributed by atoms with E-state index in [1.165, 1.54) is 12.1 Å². The van der Waals surface area contributed by atoms with Crippen LogP contribution in [0, 0.1) is 10.1 Å². The number of non-ortho nitro benzene ring substituents is 1. The predicted octanol–water partition coefficient (Wildman–Crippen LogP) is 3.88. The highest BCUT2D eigenvalue weighted by Crippen LogP contribution is 2.12. The van der Waals surface area contributed by atoms with Gasteiger partial charge in [-0.3, -0.25) is 15.1 Å². The first-order chi connectivity index (χ1) is 9.75. The lowest BCUT2D eigenvalue weighted by Gasteiger charge is -1.95. The lowest BCUT2D eigenvalue weighted by Crippen LogP contribution is -1.88. The van der Waals surface area contributed by atoms with Crippen molar-refractivity contribution in [2.75, 3.05) is 0 Å². The van der Waals surface area contributed by atoms with E-state index in [2.05, 4.69) is 4.99 Å². The van der Waals surface area contributed by atoms with Crippen LogP contribution in [0.4, 0.5) is 5.69 Å². The number of nitro groups is 1.